The number of methoxy groups -OCH3 is 1. The SMILES string of the molecule is COc1ccc(O)c(C(=O)N2CCS(=O)(=O)CC2)c1. The molecule has 104 valence electrons. The molecule has 0 spiro atoms. The maximum atomic E-state index is 12.2. The van der Waals surface area contributed by atoms with Crippen LogP contribution in [-0.2, 0) is 9.84 Å². The van der Waals surface area contributed by atoms with Crippen molar-refractivity contribution < 1.29 is 23.1 Å². The smallest absolute Gasteiger partial charge is 0.257 e. The molecule has 19 heavy (non-hydrogen) atoms. The van der Waals surface area contributed by atoms with E-state index in [2.05, 4.69) is 0 Å². The van der Waals surface area contributed by atoms with Crippen LogP contribution in [0.15, 0.2) is 18.2 Å². The van der Waals surface area contributed by atoms with Crippen molar-refractivity contribution in [3.63, 3.8) is 0 Å². The number of sulfone groups is 1. The molecule has 2 rings (SSSR count). The summed E-state index contributed by atoms with van der Waals surface area (Å²) in [5.74, 6) is -0.135. The fourth-order valence-electron chi connectivity index (χ4n) is 1.90. The number of ether oxygens (including phenoxy) is 1. The van der Waals surface area contributed by atoms with Gasteiger partial charge in [-0.1, -0.05) is 0 Å². The van der Waals surface area contributed by atoms with Crippen LogP contribution in [-0.4, -0.2) is 56.0 Å². The van der Waals surface area contributed by atoms with Crippen molar-refractivity contribution in [2.75, 3.05) is 31.7 Å². The normalized spacial score (nSPS) is 18.1. The Bertz CT molecular complexity index is 582. The second kappa shape index (κ2) is 5.08. The molecule has 0 aliphatic carbocycles. The maximum Gasteiger partial charge on any atom is 0.257 e. The largest absolute Gasteiger partial charge is 0.507 e. The third kappa shape index (κ3) is 2.98. The van der Waals surface area contributed by atoms with Crippen LogP contribution in [0, 0.1) is 0 Å². The molecule has 0 saturated carbocycles. The molecular weight excluding hydrogens is 270 g/mol. The lowest BCUT2D eigenvalue weighted by molar-refractivity contribution is 0.0767. The highest BCUT2D eigenvalue weighted by molar-refractivity contribution is 7.91. The molecule has 0 atom stereocenters. The third-order valence-corrected chi connectivity index (χ3v) is 4.67. The molecule has 1 aromatic carbocycles. The van der Waals surface area contributed by atoms with Crippen molar-refractivity contribution in [3.05, 3.63) is 23.8 Å². The van der Waals surface area contributed by atoms with Crippen LogP contribution in [0.1, 0.15) is 10.4 Å². The summed E-state index contributed by atoms with van der Waals surface area (Å²) in [5, 5.41) is 9.71. The topological polar surface area (TPSA) is 83.9 Å². The van der Waals surface area contributed by atoms with Crippen LogP contribution in [0.5, 0.6) is 11.5 Å². The zero-order valence-electron chi connectivity index (χ0n) is 10.5. The van der Waals surface area contributed by atoms with Crippen molar-refractivity contribution in [1.29, 1.82) is 0 Å². The average Bonchev–Trinajstić information content (AvgIpc) is 2.38. The molecule has 6 nitrogen and oxygen atoms in total. The summed E-state index contributed by atoms with van der Waals surface area (Å²) in [7, 11) is -1.57. The van der Waals surface area contributed by atoms with E-state index in [1.807, 2.05) is 0 Å². The van der Waals surface area contributed by atoms with E-state index in [9.17, 15) is 18.3 Å². The van der Waals surface area contributed by atoms with E-state index in [4.69, 9.17) is 4.74 Å². The lowest BCUT2D eigenvalue weighted by atomic mass is 10.1. The Labute approximate surface area is 111 Å². The fraction of sp³-hybridized carbons (Fsp3) is 0.417. The van der Waals surface area contributed by atoms with Gasteiger partial charge in [0.1, 0.15) is 11.5 Å². The van der Waals surface area contributed by atoms with Gasteiger partial charge in [-0.05, 0) is 18.2 Å². The Balaban J connectivity index is 2.20. The van der Waals surface area contributed by atoms with Crippen molar-refractivity contribution in [1.82, 2.24) is 4.90 Å². The van der Waals surface area contributed by atoms with Gasteiger partial charge in [-0.15, -0.1) is 0 Å². The first kappa shape index (κ1) is 13.7. The molecule has 1 saturated heterocycles. The van der Waals surface area contributed by atoms with Gasteiger partial charge in [-0.3, -0.25) is 4.79 Å². The molecule has 1 fully saturated rings. The van der Waals surface area contributed by atoms with Gasteiger partial charge in [0, 0.05) is 13.1 Å². The molecule has 0 bridgehead atoms. The number of nitrogens with zero attached hydrogens (tertiary/aromatic N) is 1. The molecular formula is C12H15NO5S. The van der Waals surface area contributed by atoms with Gasteiger partial charge < -0.3 is 14.7 Å². The highest BCUT2D eigenvalue weighted by Crippen LogP contribution is 2.24. The van der Waals surface area contributed by atoms with E-state index in [1.165, 1.54) is 24.1 Å². The van der Waals surface area contributed by atoms with Crippen molar-refractivity contribution in [2.24, 2.45) is 0 Å². The number of hydrogen-bond acceptors (Lipinski definition) is 5. The summed E-state index contributed by atoms with van der Waals surface area (Å²) >= 11 is 0. The summed E-state index contributed by atoms with van der Waals surface area (Å²) in [6.45, 7) is 0.301. The second-order valence-electron chi connectivity index (χ2n) is 4.33. The number of hydrogen-bond donors (Lipinski definition) is 1. The minimum absolute atomic E-state index is 0.0382. The van der Waals surface area contributed by atoms with Gasteiger partial charge >= 0.3 is 0 Å². The van der Waals surface area contributed by atoms with E-state index in [-0.39, 0.29) is 41.8 Å². The Kier molecular flexibility index (Phi) is 3.66. The minimum Gasteiger partial charge on any atom is -0.507 e. The molecule has 1 amide bonds. The predicted octanol–water partition coefficient (Wildman–Crippen LogP) is 0.271. The van der Waals surface area contributed by atoms with Gasteiger partial charge in [-0.2, -0.15) is 0 Å². The summed E-state index contributed by atoms with van der Waals surface area (Å²) in [5.41, 5.74) is 0.124. The van der Waals surface area contributed by atoms with Crippen molar-refractivity contribution in [2.45, 2.75) is 0 Å². The van der Waals surface area contributed by atoms with E-state index in [0.29, 0.717) is 5.75 Å². The van der Waals surface area contributed by atoms with Crippen LogP contribution in [0.2, 0.25) is 0 Å². The van der Waals surface area contributed by atoms with Crippen molar-refractivity contribution in [3.8, 4) is 11.5 Å². The number of amides is 1. The van der Waals surface area contributed by atoms with Gasteiger partial charge in [0.2, 0.25) is 0 Å². The zero-order chi connectivity index (χ0) is 14.0. The number of carbonyl (C=O) groups excluding carboxylic acids is 1. The summed E-state index contributed by atoms with van der Waals surface area (Å²) in [4.78, 5) is 13.6. The highest BCUT2D eigenvalue weighted by Gasteiger charge is 2.27. The number of benzene rings is 1. The first-order valence-electron chi connectivity index (χ1n) is 5.79. The maximum absolute atomic E-state index is 12.2. The highest BCUT2D eigenvalue weighted by atomic mass is 32.2. The Morgan fingerprint density at radius 1 is 1.32 bits per heavy atom. The van der Waals surface area contributed by atoms with Gasteiger partial charge in [0.25, 0.3) is 5.91 Å². The Morgan fingerprint density at radius 2 is 1.95 bits per heavy atom. The molecule has 7 heteroatoms. The third-order valence-electron chi connectivity index (χ3n) is 3.07. The van der Waals surface area contributed by atoms with E-state index in [0.717, 1.165) is 0 Å². The molecule has 0 aromatic heterocycles. The fourth-order valence-corrected chi connectivity index (χ4v) is 3.10. The molecule has 0 unspecified atom stereocenters. The summed E-state index contributed by atoms with van der Waals surface area (Å²) < 4.78 is 27.6. The Morgan fingerprint density at radius 3 is 2.53 bits per heavy atom. The number of carbonyl (C=O) groups is 1. The number of phenols is 1. The van der Waals surface area contributed by atoms with E-state index < -0.39 is 9.84 Å². The van der Waals surface area contributed by atoms with Gasteiger partial charge in [-0.25, -0.2) is 8.42 Å². The van der Waals surface area contributed by atoms with Crippen LogP contribution >= 0.6 is 0 Å². The lowest BCUT2D eigenvalue weighted by Gasteiger charge is -2.27. The molecule has 0 radical (unpaired) electrons. The monoisotopic (exact) mass is 285 g/mol. The predicted molar refractivity (Wildman–Crippen MR) is 69.2 cm³/mol. The van der Waals surface area contributed by atoms with Gasteiger partial charge in [0.15, 0.2) is 9.84 Å². The van der Waals surface area contributed by atoms with E-state index in [1.54, 1.807) is 6.07 Å². The first-order valence-corrected chi connectivity index (χ1v) is 7.62. The van der Waals surface area contributed by atoms with Crippen LogP contribution in [0.25, 0.3) is 0 Å². The van der Waals surface area contributed by atoms with E-state index >= 15 is 0 Å². The minimum atomic E-state index is -3.04. The van der Waals surface area contributed by atoms with Crippen LogP contribution in [0.4, 0.5) is 0 Å². The average molecular weight is 285 g/mol. The number of rotatable bonds is 2. The van der Waals surface area contributed by atoms with Crippen LogP contribution in [0.3, 0.4) is 0 Å². The molecule has 1 aliphatic rings. The second-order valence-corrected chi connectivity index (χ2v) is 6.63. The van der Waals surface area contributed by atoms with Crippen LogP contribution < -0.4 is 4.74 Å². The van der Waals surface area contributed by atoms with Gasteiger partial charge in [0.05, 0.1) is 24.2 Å². The molecule has 1 heterocycles. The lowest BCUT2D eigenvalue weighted by Crippen LogP contribution is -2.43. The molecule has 1 aliphatic heterocycles. The Hall–Kier alpha value is -1.76. The quantitative estimate of drug-likeness (QED) is 0.843. The number of phenolic OH excluding ortho intramolecular Hbond substituents is 1. The summed E-state index contributed by atoms with van der Waals surface area (Å²) in [6, 6.07) is 4.38. The standard InChI is InChI=1S/C12H15NO5S/c1-18-9-2-3-11(14)10(8-9)12(15)13-4-6-19(16,17)7-5-13/h2-3,8,14H,4-7H2,1H3. The number of aromatic hydroxyl groups is 1. The zero-order valence-corrected chi connectivity index (χ0v) is 11.3. The summed E-state index contributed by atoms with van der Waals surface area (Å²) in [6.07, 6.45) is 0. The molecule has 1 aromatic rings. The first-order chi connectivity index (χ1) is 8.93. The molecule has 1 N–H and O–H groups in total. The van der Waals surface area contributed by atoms with Crippen molar-refractivity contribution >= 4 is 15.7 Å².